The van der Waals surface area contributed by atoms with Crippen molar-refractivity contribution in [2.75, 3.05) is 0 Å². The summed E-state index contributed by atoms with van der Waals surface area (Å²) in [4.78, 5) is 10.4. The van der Waals surface area contributed by atoms with Gasteiger partial charge in [-0.05, 0) is 11.6 Å². The summed E-state index contributed by atoms with van der Waals surface area (Å²) < 4.78 is 0. The maximum atomic E-state index is 10.4. The highest BCUT2D eigenvalue weighted by Gasteiger charge is 2.03. The minimum atomic E-state index is -0.952. The summed E-state index contributed by atoms with van der Waals surface area (Å²) in [6.07, 6.45) is 0.357. The van der Waals surface area contributed by atoms with Gasteiger partial charge in [0, 0.05) is 12.0 Å². The van der Waals surface area contributed by atoms with Gasteiger partial charge in [0.15, 0.2) is 0 Å². The Morgan fingerprint density at radius 1 is 1.58 bits per heavy atom. The van der Waals surface area contributed by atoms with Crippen LogP contribution in [0.5, 0.6) is 0 Å². The van der Waals surface area contributed by atoms with Gasteiger partial charge in [-0.25, -0.2) is 4.79 Å². The molecule has 0 aromatic heterocycles. The van der Waals surface area contributed by atoms with Gasteiger partial charge in [0.05, 0.1) is 0 Å². The Kier molecular flexibility index (Phi) is 2.64. The van der Waals surface area contributed by atoms with E-state index in [9.17, 15) is 4.79 Å². The first kappa shape index (κ1) is 8.53. The van der Waals surface area contributed by atoms with Crippen molar-refractivity contribution >= 4 is 5.97 Å². The number of carbonyl (C=O) groups is 1. The maximum absolute atomic E-state index is 10.4. The highest BCUT2D eigenvalue weighted by atomic mass is 16.4. The molecule has 0 heterocycles. The zero-order valence-electron chi connectivity index (χ0n) is 6.58. The fourth-order valence-electron chi connectivity index (χ4n) is 0.846. The standard InChI is InChI=1S/C10H9O2/c1-8(10(11)12)7-9-5-3-2-4-6-9/h2-5H,1,7H2,(H,11,12). The third kappa shape index (κ3) is 2.23. The molecule has 61 valence electrons. The van der Waals surface area contributed by atoms with Gasteiger partial charge in [-0.2, -0.15) is 0 Å². The van der Waals surface area contributed by atoms with E-state index in [-0.39, 0.29) is 5.57 Å². The van der Waals surface area contributed by atoms with Gasteiger partial charge in [-0.15, -0.1) is 0 Å². The molecule has 1 N–H and O–H groups in total. The van der Waals surface area contributed by atoms with E-state index in [0.29, 0.717) is 6.42 Å². The summed E-state index contributed by atoms with van der Waals surface area (Å²) in [6, 6.07) is 10.2. The van der Waals surface area contributed by atoms with E-state index in [2.05, 4.69) is 12.6 Å². The first-order valence-corrected chi connectivity index (χ1v) is 3.57. The number of rotatable bonds is 3. The quantitative estimate of drug-likeness (QED) is 0.684. The van der Waals surface area contributed by atoms with Gasteiger partial charge in [0.25, 0.3) is 0 Å². The van der Waals surface area contributed by atoms with Gasteiger partial charge in [-0.3, -0.25) is 0 Å². The van der Waals surface area contributed by atoms with E-state index in [1.807, 2.05) is 18.2 Å². The van der Waals surface area contributed by atoms with Crippen LogP contribution in [0.25, 0.3) is 0 Å². The van der Waals surface area contributed by atoms with E-state index in [1.165, 1.54) is 0 Å². The second-order valence-electron chi connectivity index (χ2n) is 2.47. The van der Waals surface area contributed by atoms with Crippen LogP contribution in [0.1, 0.15) is 5.56 Å². The molecule has 1 aromatic carbocycles. The Hall–Kier alpha value is -1.57. The van der Waals surface area contributed by atoms with Crippen LogP contribution in [0.3, 0.4) is 0 Å². The molecule has 0 aliphatic heterocycles. The lowest BCUT2D eigenvalue weighted by molar-refractivity contribution is -0.132. The van der Waals surface area contributed by atoms with Crippen LogP contribution in [0, 0.1) is 6.07 Å². The summed E-state index contributed by atoms with van der Waals surface area (Å²) >= 11 is 0. The monoisotopic (exact) mass is 161 g/mol. The molecule has 0 aliphatic rings. The molecule has 2 heteroatoms. The van der Waals surface area contributed by atoms with Crippen molar-refractivity contribution in [2.24, 2.45) is 0 Å². The van der Waals surface area contributed by atoms with Crippen molar-refractivity contribution < 1.29 is 9.90 Å². The average Bonchev–Trinajstić information content (AvgIpc) is 2.06. The molecule has 1 aromatic rings. The van der Waals surface area contributed by atoms with Crippen LogP contribution < -0.4 is 0 Å². The smallest absolute Gasteiger partial charge is 0.331 e. The van der Waals surface area contributed by atoms with Crippen LogP contribution in [0.15, 0.2) is 36.4 Å². The number of hydrogen-bond donors (Lipinski definition) is 1. The molecule has 0 amide bonds. The van der Waals surface area contributed by atoms with Crippen LogP contribution >= 0.6 is 0 Å². The molecule has 0 bridgehead atoms. The lowest BCUT2D eigenvalue weighted by Gasteiger charge is -1.98. The zero-order chi connectivity index (χ0) is 8.97. The first-order chi connectivity index (χ1) is 5.70. The van der Waals surface area contributed by atoms with E-state index < -0.39 is 5.97 Å². The Labute approximate surface area is 71.2 Å². The SMILES string of the molecule is C=C(Cc1[c]cccc1)C(=O)O. The lowest BCUT2D eigenvalue weighted by atomic mass is 10.1. The maximum Gasteiger partial charge on any atom is 0.331 e. The zero-order valence-corrected chi connectivity index (χ0v) is 6.58. The van der Waals surface area contributed by atoms with Crippen molar-refractivity contribution in [3.05, 3.63) is 48.0 Å². The third-order valence-electron chi connectivity index (χ3n) is 1.48. The average molecular weight is 161 g/mol. The van der Waals surface area contributed by atoms with Gasteiger partial charge in [0.2, 0.25) is 0 Å². The Morgan fingerprint density at radius 3 is 2.83 bits per heavy atom. The fourth-order valence-corrected chi connectivity index (χ4v) is 0.846. The minimum absolute atomic E-state index is 0.192. The molecule has 0 spiro atoms. The molecule has 0 unspecified atom stereocenters. The van der Waals surface area contributed by atoms with E-state index in [0.717, 1.165) is 5.56 Å². The second kappa shape index (κ2) is 3.72. The predicted molar refractivity (Wildman–Crippen MR) is 45.8 cm³/mol. The number of hydrogen-bond acceptors (Lipinski definition) is 1. The number of aliphatic carboxylic acids is 1. The molecule has 1 radical (unpaired) electrons. The normalized spacial score (nSPS) is 9.33. The van der Waals surface area contributed by atoms with Crippen molar-refractivity contribution in [1.82, 2.24) is 0 Å². The van der Waals surface area contributed by atoms with Crippen molar-refractivity contribution in [2.45, 2.75) is 6.42 Å². The van der Waals surface area contributed by atoms with Gasteiger partial charge >= 0.3 is 5.97 Å². The molecule has 0 atom stereocenters. The summed E-state index contributed by atoms with van der Waals surface area (Å²) in [6.45, 7) is 3.43. The van der Waals surface area contributed by atoms with Gasteiger partial charge < -0.3 is 5.11 Å². The molecule has 12 heavy (non-hydrogen) atoms. The van der Waals surface area contributed by atoms with Crippen LogP contribution in [-0.2, 0) is 11.2 Å². The van der Waals surface area contributed by atoms with Crippen molar-refractivity contribution in [3.63, 3.8) is 0 Å². The summed E-state index contributed by atoms with van der Waals surface area (Å²) in [5.74, 6) is -0.952. The van der Waals surface area contributed by atoms with E-state index >= 15 is 0 Å². The molecule has 2 nitrogen and oxygen atoms in total. The molecular formula is C10H9O2. The highest BCUT2D eigenvalue weighted by Crippen LogP contribution is 2.04. The lowest BCUT2D eigenvalue weighted by Crippen LogP contribution is -2.01. The Morgan fingerprint density at radius 2 is 2.33 bits per heavy atom. The Bertz CT molecular complexity index is 288. The third-order valence-corrected chi connectivity index (χ3v) is 1.48. The van der Waals surface area contributed by atoms with Crippen molar-refractivity contribution in [1.29, 1.82) is 0 Å². The van der Waals surface area contributed by atoms with E-state index in [1.54, 1.807) is 6.07 Å². The molecule has 0 saturated carbocycles. The summed E-state index contributed by atoms with van der Waals surface area (Å²) in [5, 5.41) is 8.53. The molecule has 0 aliphatic carbocycles. The molecular weight excluding hydrogens is 152 g/mol. The van der Waals surface area contributed by atoms with Gasteiger partial charge in [-0.1, -0.05) is 30.8 Å². The van der Waals surface area contributed by atoms with Crippen LogP contribution in [0.2, 0.25) is 0 Å². The predicted octanol–water partition coefficient (Wildman–Crippen LogP) is 1.67. The van der Waals surface area contributed by atoms with Crippen LogP contribution in [-0.4, -0.2) is 11.1 Å². The largest absolute Gasteiger partial charge is 0.478 e. The highest BCUT2D eigenvalue weighted by molar-refractivity contribution is 5.86. The molecule has 0 fully saturated rings. The fraction of sp³-hybridized carbons (Fsp3) is 0.100. The molecule has 0 saturated heterocycles. The van der Waals surface area contributed by atoms with Crippen molar-refractivity contribution in [3.8, 4) is 0 Å². The summed E-state index contributed by atoms with van der Waals surface area (Å²) in [5.41, 5.74) is 1.04. The molecule has 1 rings (SSSR count). The van der Waals surface area contributed by atoms with Gasteiger partial charge in [0.1, 0.15) is 0 Å². The number of carboxylic acid groups (broad SMARTS) is 1. The second-order valence-corrected chi connectivity index (χ2v) is 2.47. The van der Waals surface area contributed by atoms with E-state index in [4.69, 9.17) is 5.11 Å². The Balaban J connectivity index is 2.65. The first-order valence-electron chi connectivity index (χ1n) is 3.57. The minimum Gasteiger partial charge on any atom is -0.478 e. The summed E-state index contributed by atoms with van der Waals surface area (Å²) in [7, 11) is 0. The number of benzene rings is 1. The topological polar surface area (TPSA) is 37.3 Å². The number of carboxylic acids is 1. The van der Waals surface area contributed by atoms with Crippen LogP contribution in [0.4, 0.5) is 0 Å².